The van der Waals surface area contributed by atoms with Gasteiger partial charge in [-0.25, -0.2) is 0 Å². The van der Waals surface area contributed by atoms with Crippen LogP contribution in [0.3, 0.4) is 0 Å². The Morgan fingerprint density at radius 2 is 2.29 bits per heavy atom. The maximum Gasteiger partial charge on any atom is 0.317 e. The number of amidine groups is 1. The molecule has 0 bridgehead atoms. The lowest BCUT2D eigenvalue weighted by Gasteiger charge is -2.28. The molecule has 94 valence electrons. The summed E-state index contributed by atoms with van der Waals surface area (Å²) in [4.78, 5) is 17.3. The van der Waals surface area contributed by atoms with Crippen LogP contribution in [0.15, 0.2) is 16.3 Å². The monoisotopic (exact) mass is 237 g/mol. The minimum Gasteiger partial charge on any atom is -0.480 e. The van der Waals surface area contributed by atoms with Gasteiger partial charge in [0.1, 0.15) is 5.84 Å². The summed E-state index contributed by atoms with van der Waals surface area (Å²) >= 11 is 0. The molecule has 5 nitrogen and oxygen atoms in total. The van der Waals surface area contributed by atoms with Gasteiger partial charge in [-0.1, -0.05) is 0 Å². The Bertz CT molecular complexity index is 401. The van der Waals surface area contributed by atoms with Crippen LogP contribution in [-0.4, -0.2) is 47.0 Å². The second kappa shape index (κ2) is 4.49. The molecular formula is C12H19N3O2. The van der Waals surface area contributed by atoms with Crippen LogP contribution < -0.4 is 5.32 Å². The number of fused-ring (bicyclic) bond motifs is 1. The lowest BCUT2D eigenvalue weighted by Crippen LogP contribution is -2.37. The van der Waals surface area contributed by atoms with E-state index in [4.69, 9.17) is 5.11 Å². The smallest absolute Gasteiger partial charge is 0.317 e. The van der Waals surface area contributed by atoms with E-state index in [0.717, 1.165) is 18.8 Å². The molecule has 17 heavy (non-hydrogen) atoms. The minimum absolute atomic E-state index is 0.0244. The van der Waals surface area contributed by atoms with E-state index < -0.39 is 5.97 Å². The summed E-state index contributed by atoms with van der Waals surface area (Å²) in [5.74, 6) is 0.233. The van der Waals surface area contributed by atoms with Crippen molar-refractivity contribution in [3.05, 3.63) is 11.3 Å². The van der Waals surface area contributed by atoms with Gasteiger partial charge in [0.2, 0.25) is 0 Å². The predicted octanol–water partition coefficient (Wildman–Crippen LogP) is 0.829. The maximum absolute atomic E-state index is 10.5. The third-order valence-corrected chi connectivity index (χ3v) is 3.56. The fourth-order valence-electron chi connectivity index (χ4n) is 2.50. The molecule has 1 saturated heterocycles. The van der Waals surface area contributed by atoms with Gasteiger partial charge in [-0.2, -0.15) is 0 Å². The number of nitrogens with zero attached hydrogens (tertiary/aromatic N) is 2. The van der Waals surface area contributed by atoms with Crippen LogP contribution in [0.1, 0.15) is 27.2 Å². The average Bonchev–Trinajstić information content (AvgIpc) is 2.68. The highest BCUT2D eigenvalue weighted by molar-refractivity contribution is 5.83. The van der Waals surface area contributed by atoms with E-state index in [0.29, 0.717) is 0 Å². The summed E-state index contributed by atoms with van der Waals surface area (Å²) in [5, 5.41) is 11.7. The normalized spacial score (nSPS) is 28.2. The topological polar surface area (TPSA) is 64.9 Å². The van der Waals surface area contributed by atoms with E-state index in [1.165, 1.54) is 11.3 Å². The third kappa shape index (κ3) is 2.34. The third-order valence-electron chi connectivity index (χ3n) is 3.56. The molecule has 5 heteroatoms. The first-order valence-corrected chi connectivity index (χ1v) is 5.95. The fraction of sp³-hybridized carbons (Fsp3) is 0.667. The Kier molecular flexibility index (Phi) is 3.19. The van der Waals surface area contributed by atoms with E-state index >= 15 is 0 Å². The molecular weight excluding hydrogens is 218 g/mol. The van der Waals surface area contributed by atoms with Crippen molar-refractivity contribution in [2.45, 2.75) is 39.3 Å². The van der Waals surface area contributed by atoms with Gasteiger partial charge in [0.15, 0.2) is 0 Å². The van der Waals surface area contributed by atoms with Gasteiger partial charge >= 0.3 is 5.97 Å². The highest BCUT2D eigenvalue weighted by atomic mass is 16.4. The molecule has 1 fully saturated rings. The molecule has 2 aliphatic heterocycles. The number of carboxylic acid groups (broad SMARTS) is 1. The molecule has 0 aliphatic carbocycles. The number of nitrogens with one attached hydrogen (secondary N) is 1. The van der Waals surface area contributed by atoms with Crippen molar-refractivity contribution >= 4 is 11.8 Å². The molecule has 0 saturated carbocycles. The number of carboxylic acids is 1. The highest BCUT2D eigenvalue weighted by Crippen LogP contribution is 2.30. The molecule has 2 N–H and O–H groups in total. The Hall–Kier alpha value is -1.36. The fourth-order valence-corrected chi connectivity index (χ4v) is 2.50. The van der Waals surface area contributed by atoms with Crippen molar-refractivity contribution < 1.29 is 9.90 Å². The van der Waals surface area contributed by atoms with Crippen LogP contribution in [0, 0.1) is 0 Å². The zero-order chi connectivity index (χ0) is 12.6. The number of hydrogen-bond donors (Lipinski definition) is 2. The van der Waals surface area contributed by atoms with Crippen LogP contribution in [0.5, 0.6) is 0 Å². The zero-order valence-corrected chi connectivity index (χ0v) is 10.5. The number of aliphatic carboxylic acids is 1. The van der Waals surface area contributed by atoms with Crippen LogP contribution >= 0.6 is 0 Å². The molecule has 0 amide bonds. The molecule has 0 aromatic heterocycles. The van der Waals surface area contributed by atoms with Crippen molar-refractivity contribution in [3.8, 4) is 0 Å². The number of aliphatic imine (C=N–C) groups is 1. The Labute approximate surface area is 101 Å². The van der Waals surface area contributed by atoms with E-state index in [-0.39, 0.29) is 18.6 Å². The van der Waals surface area contributed by atoms with Crippen LogP contribution in [0.4, 0.5) is 0 Å². The first kappa shape index (κ1) is 12.1. The predicted molar refractivity (Wildman–Crippen MR) is 66.0 cm³/mol. The van der Waals surface area contributed by atoms with Gasteiger partial charge in [-0.15, -0.1) is 0 Å². The van der Waals surface area contributed by atoms with Crippen molar-refractivity contribution in [1.82, 2.24) is 10.2 Å². The maximum atomic E-state index is 10.5. The van der Waals surface area contributed by atoms with Crippen molar-refractivity contribution in [1.29, 1.82) is 0 Å². The second-order valence-corrected chi connectivity index (χ2v) is 4.77. The van der Waals surface area contributed by atoms with Crippen molar-refractivity contribution in [2.24, 2.45) is 4.99 Å². The van der Waals surface area contributed by atoms with Gasteiger partial charge in [0.25, 0.3) is 0 Å². The molecule has 0 spiro atoms. The van der Waals surface area contributed by atoms with E-state index in [1.807, 2.05) is 6.92 Å². The molecule has 0 radical (unpaired) electrons. The SMILES string of the molecule is CC1=N[C@@H](C)C(C)=C2CC(NCC(=O)O)CN12. The van der Waals surface area contributed by atoms with E-state index in [2.05, 4.69) is 29.1 Å². The van der Waals surface area contributed by atoms with Gasteiger partial charge in [0.05, 0.1) is 12.6 Å². The molecule has 2 aliphatic rings. The van der Waals surface area contributed by atoms with Crippen LogP contribution in [0.25, 0.3) is 0 Å². The highest BCUT2D eigenvalue weighted by Gasteiger charge is 2.33. The standard InChI is InChI=1S/C12H19N3O2/c1-7-8(2)14-9(3)15-6-10(4-11(7)15)13-5-12(16)17/h8,10,13H,4-6H2,1-3H3,(H,16,17)/t8-,10?/m0/s1. The van der Waals surface area contributed by atoms with Gasteiger partial charge < -0.3 is 15.3 Å². The molecule has 0 aromatic rings. The van der Waals surface area contributed by atoms with Crippen molar-refractivity contribution in [2.75, 3.05) is 13.1 Å². The second-order valence-electron chi connectivity index (χ2n) is 4.77. The van der Waals surface area contributed by atoms with Crippen LogP contribution in [0.2, 0.25) is 0 Å². The largest absolute Gasteiger partial charge is 0.480 e. The number of carbonyl (C=O) groups is 1. The van der Waals surface area contributed by atoms with Gasteiger partial charge in [-0.05, 0) is 26.3 Å². The minimum atomic E-state index is -0.806. The summed E-state index contributed by atoms with van der Waals surface area (Å²) in [6.45, 7) is 7.07. The summed E-state index contributed by atoms with van der Waals surface area (Å²) in [6.07, 6.45) is 0.899. The van der Waals surface area contributed by atoms with Crippen LogP contribution in [-0.2, 0) is 4.79 Å². The summed E-state index contributed by atoms with van der Waals surface area (Å²) < 4.78 is 0. The summed E-state index contributed by atoms with van der Waals surface area (Å²) in [7, 11) is 0. The Morgan fingerprint density at radius 3 is 2.94 bits per heavy atom. The average molecular weight is 237 g/mol. The van der Waals surface area contributed by atoms with E-state index in [1.54, 1.807) is 0 Å². The van der Waals surface area contributed by atoms with Crippen molar-refractivity contribution in [3.63, 3.8) is 0 Å². The molecule has 1 unspecified atom stereocenters. The van der Waals surface area contributed by atoms with Gasteiger partial charge in [-0.3, -0.25) is 9.79 Å². The molecule has 0 aromatic carbocycles. The first-order valence-electron chi connectivity index (χ1n) is 5.95. The lowest BCUT2D eigenvalue weighted by atomic mass is 10.0. The Morgan fingerprint density at radius 1 is 1.59 bits per heavy atom. The Balaban J connectivity index is 2.08. The summed E-state index contributed by atoms with van der Waals surface area (Å²) in [5.41, 5.74) is 2.61. The quantitative estimate of drug-likeness (QED) is 0.763. The molecule has 2 atom stereocenters. The van der Waals surface area contributed by atoms with Gasteiger partial charge in [0, 0.05) is 24.7 Å². The number of hydrogen-bond acceptors (Lipinski definition) is 4. The number of rotatable bonds is 3. The summed E-state index contributed by atoms with van der Waals surface area (Å²) in [6, 6.07) is 0.464. The molecule has 2 rings (SSSR count). The molecule has 2 heterocycles. The lowest BCUT2D eigenvalue weighted by molar-refractivity contribution is -0.136. The first-order chi connectivity index (χ1) is 7.99. The zero-order valence-electron chi connectivity index (χ0n) is 10.5. The van der Waals surface area contributed by atoms with E-state index in [9.17, 15) is 4.79 Å².